The summed E-state index contributed by atoms with van der Waals surface area (Å²) in [5, 5.41) is 24.5. The Hall–Kier alpha value is -2.12. The Kier molecular flexibility index (Phi) is 5.06. The molecule has 0 aromatic carbocycles. The largest absolute Gasteiger partial charge is 0.480 e. The third kappa shape index (κ3) is 3.06. The van der Waals surface area contributed by atoms with E-state index in [0.717, 1.165) is 0 Å². The van der Waals surface area contributed by atoms with Crippen LogP contribution in [0, 0.1) is 10.1 Å². The molecule has 1 unspecified atom stereocenters. The highest BCUT2D eigenvalue weighted by Gasteiger charge is 2.32. The van der Waals surface area contributed by atoms with E-state index in [-0.39, 0.29) is 24.1 Å². The first-order valence-corrected chi connectivity index (χ1v) is 6.52. The molecule has 0 spiro atoms. The monoisotopic (exact) mass is 284 g/mol. The number of carboxylic acid groups (broad SMARTS) is 1. The van der Waals surface area contributed by atoms with Crippen LogP contribution in [0.25, 0.3) is 0 Å². The first-order chi connectivity index (χ1) is 9.33. The summed E-state index contributed by atoms with van der Waals surface area (Å²) in [7, 11) is 1.60. The van der Waals surface area contributed by atoms with E-state index >= 15 is 0 Å². The summed E-state index contributed by atoms with van der Waals surface area (Å²) in [6, 6.07) is -0.134. The predicted molar refractivity (Wildman–Crippen MR) is 74.0 cm³/mol. The summed E-state index contributed by atoms with van der Waals surface area (Å²) >= 11 is 0. The van der Waals surface area contributed by atoms with Crippen LogP contribution in [0.5, 0.6) is 0 Å². The van der Waals surface area contributed by atoms with E-state index in [2.05, 4.69) is 5.10 Å². The van der Waals surface area contributed by atoms with Gasteiger partial charge in [-0.2, -0.15) is 5.10 Å². The van der Waals surface area contributed by atoms with E-state index in [0.29, 0.717) is 18.5 Å². The van der Waals surface area contributed by atoms with Crippen LogP contribution < -0.4 is 4.90 Å². The van der Waals surface area contributed by atoms with Crippen molar-refractivity contribution in [3.63, 3.8) is 0 Å². The molecule has 1 aromatic heterocycles. The molecule has 0 saturated carbocycles. The van der Waals surface area contributed by atoms with E-state index < -0.39 is 10.9 Å². The Morgan fingerprint density at radius 1 is 1.55 bits per heavy atom. The molecule has 1 rings (SSSR count). The van der Waals surface area contributed by atoms with Gasteiger partial charge in [0.2, 0.25) is 5.82 Å². The van der Waals surface area contributed by atoms with Crippen LogP contribution in [-0.4, -0.2) is 38.4 Å². The number of aryl methyl sites for hydroxylation is 2. The minimum Gasteiger partial charge on any atom is -0.480 e. The van der Waals surface area contributed by atoms with Gasteiger partial charge in [-0.15, -0.1) is 0 Å². The summed E-state index contributed by atoms with van der Waals surface area (Å²) in [5.74, 6) is -0.776. The van der Waals surface area contributed by atoms with E-state index in [4.69, 9.17) is 5.11 Å². The summed E-state index contributed by atoms with van der Waals surface area (Å²) in [4.78, 5) is 23.4. The molecular weight excluding hydrogens is 264 g/mol. The Morgan fingerprint density at radius 3 is 2.55 bits per heavy atom. The second-order valence-electron chi connectivity index (χ2n) is 4.63. The number of anilines is 1. The molecule has 0 amide bonds. The lowest BCUT2D eigenvalue weighted by Gasteiger charge is -2.27. The third-order valence-corrected chi connectivity index (χ3v) is 3.28. The maximum atomic E-state index is 11.3. The highest BCUT2D eigenvalue weighted by atomic mass is 16.6. The third-order valence-electron chi connectivity index (χ3n) is 3.28. The average molecular weight is 284 g/mol. The standard InChI is InChI=1S/C12H20N4O4/c1-5-8(3)15(7-10(17)18)12-11(16(19)20)9(6-2)13-14(12)4/h8H,5-7H2,1-4H3,(H,17,18). The lowest BCUT2D eigenvalue weighted by atomic mass is 10.2. The molecule has 0 aliphatic heterocycles. The van der Waals surface area contributed by atoms with Gasteiger partial charge in [0.1, 0.15) is 12.2 Å². The molecule has 1 atom stereocenters. The highest BCUT2D eigenvalue weighted by Crippen LogP contribution is 2.33. The normalized spacial score (nSPS) is 12.2. The minimum absolute atomic E-state index is 0.100. The van der Waals surface area contributed by atoms with E-state index in [9.17, 15) is 14.9 Å². The number of hydrogen-bond donors (Lipinski definition) is 1. The maximum Gasteiger partial charge on any atom is 0.334 e. The first kappa shape index (κ1) is 15.9. The fourth-order valence-corrected chi connectivity index (χ4v) is 2.11. The number of carbonyl (C=O) groups is 1. The van der Waals surface area contributed by atoms with Crippen LogP contribution >= 0.6 is 0 Å². The second-order valence-corrected chi connectivity index (χ2v) is 4.63. The number of carboxylic acids is 1. The van der Waals surface area contributed by atoms with E-state index in [1.54, 1.807) is 14.0 Å². The van der Waals surface area contributed by atoms with Crippen molar-refractivity contribution in [1.29, 1.82) is 0 Å². The second kappa shape index (κ2) is 6.36. The summed E-state index contributed by atoms with van der Waals surface area (Å²) < 4.78 is 1.39. The number of nitrogens with zero attached hydrogens (tertiary/aromatic N) is 4. The van der Waals surface area contributed by atoms with Gasteiger partial charge < -0.3 is 10.0 Å². The topological polar surface area (TPSA) is 102 Å². The molecule has 0 aliphatic rings. The number of aromatic nitrogens is 2. The van der Waals surface area contributed by atoms with Crippen molar-refractivity contribution in [3.05, 3.63) is 15.8 Å². The molecule has 0 bridgehead atoms. The van der Waals surface area contributed by atoms with Crippen LogP contribution in [0.15, 0.2) is 0 Å². The fourth-order valence-electron chi connectivity index (χ4n) is 2.11. The Bertz CT molecular complexity index is 512. The van der Waals surface area contributed by atoms with Crippen LogP contribution in [0.3, 0.4) is 0 Å². The minimum atomic E-state index is -1.03. The SMILES string of the molecule is CCc1nn(C)c(N(CC(=O)O)C(C)CC)c1[N+](=O)[O-]. The van der Waals surface area contributed by atoms with Gasteiger partial charge in [-0.05, 0) is 19.8 Å². The molecule has 0 fully saturated rings. The predicted octanol–water partition coefficient (Wildman–Crippen LogP) is 1.58. The first-order valence-electron chi connectivity index (χ1n) is 6.52. The molecule has 0 aliphatic carbocycles. The smallest absolute Gasteiger partial charge is 0.334 e. The van der Waals surface area contributed by atoms with Crippen molar-refractivity contribution in [1.82, 2.24) is 9.78 Å². The van der Waals surface area contributed by atoms with Crippen molar-refractivity contribution in [2.24, 2.45) is 7.05 Å². The van der Waals surface area contributed by atoms with Crippen LogP contribution in [0.1, 0.15) is 32.9 Å². The molecule has 112 valence electrons. The molecule has 0 radical (unpaired) electrons. The molecule has 0 saturated heterocycles. The summed E-state index contributed by atoms with van der Waals surface area (Å²) in [6.45, 7) is 5.23. The lowest BCUT2D eigenvalue weighted by molar-refractivity contribution is -0.384. The maximum absolute atomic E-state index is 11.3. The van der Waals surface area contributed by atoms with Crippen molar-refractivity contribution in [2.45, 2.75) is 39.7 Å². The highest BCUT2D eigenvalue weighted by molar-refractivity contribution is 5.75. The fraction of sp³-hybridized carbons (Fsp3) is 0.667. The van der Waals surface area contributed by atoms with Gasteiger partial charge in [0, 0.05) is 13.1 Å². The van der Waals surface area contributed by atoms with Gasteiger partial charge in [-0.1, -0.05) is 13.8 Å². The van der Waals surface area contributed by atoms with Crippen molar-refractivity contribution in [2.75, 3.05) is 11.4 Å². The van der Waals surface area contributed by atoms with E-state index in [1.165, 1.54) is 9.58 Å². The zero-order valence-electron chi connectivity index (χ0n) is 12.2. The van der Waals surface area contributed by atoms with Crippen LogP contribution in [0.2, 0.25) is 0 Å². The van der Waals surface area contributed by atoms with Crippen molar-refractivity contribution < 1.29 is 14.8 Å². The summed E-state index contributed by atoms with van der Waals surface area (Å²) in [5.41, 5.74) is 0.266. The van der Waals surface area contributed by atoms with Gasteiger partial charge >= 0.3 is 11.7 Å². The average Bonchev–Trinajstić information content (AvgIpc) is 2.71. The summed E-state index contributed by atoms with van der Waals surface area (Å²) in [6.07, 6.45) is 1.10. The molecule has 8 heteroatoms. The van der Waals surface area contributed by atoms with Gasteiger partial charge in [-0.25, -0.2) is 4.68 Å². The van der Waals surface area contributed by atoms with Gasteiger partial charge in [0.25, 0.3) is 0 Å². The molecular formula is C12H20N4O4. The number of aliphatic carboxylic acids is 1. The zero-order chi connectivity index (χ0) is 15.4. The van der Waals surface area contributed by atoms with Crippen molar-refractivity contribution >= 4 is 17.5 Å². The number of nitro groups is 1. The van der Waals surface area contributed by atoms with Crippen LogP contribution in [-0.2, 0) is 18.3 Å². The van der Waals surface area contributed by atoms with Gasteiger partial charge in [-0.3, -0.25) is 14.9 Å². The molecule has 1 N–H and O–H groups in total. The van der Waals surface area contributed by atoms with Crippen molar-refractivity contribution in [3.8, 4) is 0 Å². The molecule has 1 heterocycles. The lowest BCUT2D eigenvalue weighted by Crippen LogP contribution is -2.38. The van der Waals surface area contributed by atoms with Crippen LogP contribution in [0.4, 0.5) is 11.5 Å². The number of hydrogen-bond acceptors (Lipinski definition) is 5. The molecule has 1 aromatic rings. The Labute approximate surface area is 117 Å². The Balaban J connectivity index is 3.42. The van der Waals surface area contributed by atoms with Gasteiger partial charge in [0.15, 0.2) is 0 Å². The quantitative estimate of drug-likeness (QED) is 0.602. The molecule has 8 nitrogen and oxygen atoms in total. The van der Waals surface area contributed by atoms with E-state index in [1.807, 2.05) is 13.8 Å². The molecule has 20 heavy (non-hydrogen) atoms. The number of rotatable bonds is 7. The zero-order valence-corrected chi connectivity index (χ0v) is 12.2. The Morgan fingerprint density at radius 2 is 2.15 bits per heavy atom. The van der Waals surface area contributed by atoms with Gasteiger partial charge in [0.05, 0.1) is 4.92 Å².